The Bertz CT molecular complexity index is 989. The monoisotopic (exact) mass is 402 g/mol. The van der Waals surface area contributed by atoms with Crippen LogP contribution in [0.25, 0.3) is 0 Å². The van der Waals surface area contributed by atoms with Gasteiger partial charge >= 0.3 is 0 Å². The summed E-state index contributed by atoms with van der Waals surface area (Å²) in [4.78, 5) is 38.8. The van der Waals surface area contributed by atoms with E-state index in [4.69, 9.17) is 11.6 Å². The molecule has 28 heavy (non-hydrogen) atoms. The van der Waals surface area contributed by atoms with Gasteiger partial charge in [-0.2, -0.15) is 10.1 Å². The molecule has 2 amide bonds. The molecule has 0 saturated heterocycles. The number of anilines is 3. The third-order valence-electron chi connectivity index (χ3n) is 3.98. The van der Waals surface area contributed by atoms with Crippen molar-refractivity contribution in [3.63, 3.8) is 0 Å². The molecule has 0 fully saturated rings. The number of carbonyl (C=O) groups is 3. The van der Waals surface area contributed by atoms with E-state index in [1.807, 2.05) is 0 Å². The van der Waals surface area contributed by atoms with Crippen LogP contribution in [-0.2, 0) is 14.4 Å². The second-order valence-electron chi connectivity index (χ2n) is 6.22. The highest BCUT2D eigenvalue weighted by molar-refractivity contribution is 6.69. The number of amides is 2. The molecule has 0 radical (unpaired) electrons. The summed E-state index contributed by atoms with van der Waals surface area (Å²) in [6.07, 6.45) is -0.514. The number of para-hydroxylation sites is 1. The summed E-state index contributed by atoms with van der Waals surface area (Å²) in [5.41, 5.74) is 0.783. The van der Waals surface area contributed by atoms with E-state index in [9.17, 15) is 18.8 Å². The normalized spacial score (nSPS) is 14.0. The predicted octanol–water partition coefficient (Wildman–Crippen LogP) is 2.85. The Morgan fingerprint density at radius 3 is 2.50 bits per heavy atom. The number of ketones is 1. The summed E-state index contributed by atoms with van der Waals surface area (Å²) in [7, 11) is 3.52. The van der Waals surface area contributed by atoms with Crippen molar-refractivity contribution in [2.45, 2.75) is 6.42 Å². The summed E-state index contributed by atoms with van der Waals surface area (Å²) in [6.45, 7) is 0. The lowest BCUT2D eigenvalue weighted by Crippen LogP contribution is -2.42. The first-order valence-corrected chi connectivity index (χ1v) is 8.63. The van der Waals surface area contributed by atoms with E-state index in [2.05, 4.69) is 10.4 Å². The van der Waals surface area contributed by atoms with Crippen LogP contribution in [0, 0.1) is 5.82 Å². The predicted molar refractivity (Wildman–Crippen MR) is 105 cm³/mol. The molecule has 0 saturated carbocycles. The van der Waals surface area contributed by atoms with Gasteiger partial charge in [0.1, 0.15) is 5.82 Å². The van der Waals surface area contributed by atoms with Gasteiger partial charge in [-0.3, -0.25) is 14.4 Å². The summed E-state index contributed by atoms with van der Waals surface area (Å²) in [5, 5.41) is 7.86. The van der Waals surface area contributed by atoms with Crippen molar-refractivity contribution in [3.8, 4) is 0 Å². The lowest BCUT2D eigenvalue weighted by molar-refractivity contribution is -0.124. The molecule has 0 unspecified atom stereocenters. The minimum absolute atomic E-state index is 0.251. The lowest BCUT2D eigenvalue weighted by atomic mass is 10.1. The Hall–Kier alpha value is -3.26. The molecule has 7 nitrogen and oxygen atoms in total. The molecule has 9 heteroatoms. The fourth-order valence-electron chi connectivity index (χ4n) is 2.72. The standard InChI is InChI=1S/C19H16ClFN4O3/c1-24(2)18-13(20)4-3-5-14(18)22-19(28)17-15(26)10-16(27)25(23-17)12-8-6-11(21)7-9-12/h3-9H,10H2,1-2H3,(H,22,28). The highest BCUT2D eigenvalue weighted by Gasteiger charge is 2.33. The minimum atomic E-state index is -0.769. The molecule has 0 atom stereocenters. The van der Waals surface area contributed by atoms with Crippen molar-refractivity contribution in [2.75, 3.05) is 29.3 Å². The highest BCUT2D eigenvalue weighted by atomic mass is 35.5. The van der Waals surface area contributed by atoms with Crippen molar-refractivity contribution >= 4 is 52.0 Å². The van der Waals surface area contributed by atoms with Crippen molar-refractivity contribution in [1.82, 2.24) is 0 Å². The molecule has 2 aromatic rings. The van der Waals surface area contributed by atoms with Gasteiger partial charge in [0.2, 0.25) is 0 Å². The number of hydrogen-bond acceptors (Lipinski definition) is 5. The molecule has 3 rings (SSSR count). The maximum atomic E-state index is 13.1. The third-order valence-corrected chi connectivity index (χ3v) is 4.29. The number of hydrazone groups is 1. The van der Waals surface area contributed by atoms with Gasteiger partial charge < -0.3 is 10.2 Å². The zero-order valence-electron chi connectivity index (χ0n) is 15.1. The van der Waals surface area contributed by atoms with E-state index in [0.29, 0.717) is 16.4 Å². The summed E-state index contributed by atoms with van der Waals surface area (Å²) < 4.78 is 13.1. The van der Waals surface area contributed by atoms with Gasteiger partial charge in [0.25, 0.3) is 11.8 Å². The number of halogens is 2. The van der Waals surface area contributed by atoms with Gasteiger partial charge in [0.05, 0.1) is 28.5 Å². The molecule has 2 aromatic carbocycles. The van der Waals surface area contributed by atoms with Crippen LogP contribution in [-0.4, -0.2) is 37.4 Å². The van der Waals surface area contributed by atoms with Gasteiger partial charge in [-0.15, -0.1) is 0 Å². The van der Waals surface area contributed by atoms with Crippen LogP contribution in [0.2, 0.25) is 5.02 Å². The largest absolute Gasteiger partial charge is 0.375 e. The molecule has 0 aliphatic carbocycles. The molecular formula is C19H16ClFN4O3. The first-order valence-electron chi connectivity index (χ1n) is 8.25. The molecule has 144 valence electrons. The van der Waals surface area contributed by atoms with Gasteiger partial charge in [0, 0.05) is 14.1 Å². The SMILES string of the molecule is CN(C)c1c(Cl)cccc1NC(=O)C1=NN(c2ccc(F)cc2)C(=O)CC1=O. The zero-order valence-corrected chi connectivity index (χ0v) is 15.8. The van der Waals surface area contributed by atoms with Crippen molar-refractivity contribution in [1.29, 1.82) is 0 Å². The molecule has 0 aromatic heterocycles. The van der Waals surface area contributed by atoms with E-state index in [-0.39, 0.29) is 5.69 Å². The Morgan fingerprint density at radius 2 is 1.86 bits per heavy atom. The average Bonchev–Trinajstić information content (AvgIpc) is 2.62. The Labute approximate surface area is 165 Å². The van der Waals surface area contributed by atoms with E-state index >= 15 is 0 Å². The second kappa shape index (κ2) is 7.77. The van der Waals surface area contributed by atoms with E-state index in [0.717, 1.165) is 17.1 Å². The number of Topliss-reactive ketones (excluding diaryl/α,β-unsaturated/α-hetero) is 1. The molecular weight excluding hydrogens is 387 g/mol. The van der Waals surface area contributed by atoms with Crippen molar-refractivity contribution < 1.29 is 18.8 Å². The van der Waals surface area contributed by atoms with Crippen LogP contribution < -0.4 is 15.2 Å². The molecule has 1 heterocycles. The van der Waals surface area contributed by atoms with Crippen LogP contribution in [0.4, 0.5) is 21.5 Å². The van der Waals surface area contributed by atoms with Crippen molar-refractivity contribution in [2.24, 2.45) is 5.10 Å². The molecule has 0 bridgehead atoms. The van der Waals surface area contributed by atoms with Crippen LogP contribution in [0.1, 0.15) is 6.42 Å². The molecule has 0 spiro atoms. The van der Waals surface area contributed by atoms with E-state index in [1.54, 1.807) is 37.2 Å². The van der Waals surface area contributed by atoms with E-state index in [1.165, 1.54) is 12.1 Å². The number of benzene rings is 2. The van der Waals surface area contributed by atoms with E-state index < -0.39 is 35.5 Å². The Kier molecular flexibility index (Phi) is 5.41. The van der Waals surface area contributed by atoms with Crippen molar-refractivity contribution in [3.05, 3.63) is 53.3 Å². The molecule has 1 aliphatic heterocycles. The summed E-state index contributed by atoms with van der Waals surface area (Å²) in [5.74, 6) is -2.56. The van der Waals surface area contributed by atoms with Gasteiger partial charge in [-0.05, 0) is 36.4 Å². The van der Waals surface area contributed by atoms with Crippen LogP contribution in [0.5, 0.6) is 0 Å². The fourth-order valence-corrected chi connectivity index (χ4v) is 3.06. The number of rotatable bonds is 4. The summed E-state index contributed by atoms with van der Waals surface area (Å²) >= 11 is 6.18. The topological polar surface area (TPSA) is 82.1 Å². The molecule has 1 N–H and O–H groups in total. The first-order chi connectivity index (χ1) is 13.3. The van der Waals surface area contributed by atoms with Crippen LogP contribution >= 0.6 is 11.6 Å². The number of nitrogens with one attached hydrogen (secondary N) is 1. The zero-order chi connectivity index (χ0) is 20.4. The van der Waals surface area contributed by atoms with Gasteiger partial charge in [-0.1, -0.05) is 17.7 Å². The molecule has 1 aliphatic rings. The number of nitrogens with zero attached hydrogens (tertiary/aromatic N) is 3. The number of hydrogen-bond donors (Lipinski definition) is 1. The number of carbonyl (C=O) groups excluding carboxylic acids is 3. The highest BCUT2D eigenvalue weighted by Crippen LogP contribution is 2.32. The fraction of sp³-hybridized carbons (Fsp3) is 0.158. The second-order valence-corrected chi connectivity index (χ2v) is 6.62. The Balaban J connectivity index is 1.93. The first kappa shape index (κ1) is 19.5. The lowest BCUT2D eigenvalue weighted by Gasteiger charge is -2.23. The smallest absolute Gasteiger partial charge is 0.279 e. The minimum Gasteiger partial charge on any atom is -0.375 e. The van der Waals surface area contributed by atoms with Gasteiger partial charge in [0.15, 0.2) is 11.5 Å². The third kappa shape index (κ3) is 3.86. The Morgan fingerprint density at radius 1 is 1.18 bits per heavy atom. The maximum Gasteiger partial charge on any atom is 0.279 e. The quantitative estimate of drug-likeness (QED) is 0.797. The maximum absolute atomic E-state index is 13.1. The van der Waals surface area contributed by atoms with Crippen LogP contribution in [0.3, 0.4) is 0 Å². The summed E-state index contributed by atoms with van der Waals surface area (Å²) in [6, 6.07) is 9.95. The average molecular weight is 403 g/mol. The van der Waals surface area contributed by atoms with Crippen LogP contribution in [0.15, 0.2) is 47.6 Å². The van der Waals surface area contributed by atoms with Gasteiger partial charge in [-0.25, -0.2) is 4.39 Å².